The van der Waals surface area contributed by atoms with Crippen LogP contribution in [0.15, 0.2) is 33.2 Å². The summed E-state index contributed by atoms with van der Waals surface area (Å²) in [6, 6.07) is 7.54. The second kappa shape index (κ2) is 6.92. The van der Waals surface area contributed by atoms with E-state index in [-0.39, 0.29) is 6.10 Å². The molecule has 1 atom stereocenters. The molecular weight excluding hydrogens is 308 g/mol. The zero-order valence-electron chi connectivity index (χ0n) is 14.2. The van der Waals surface area contributed by atoms with E-state index in [1.54, 1.807) is 6.92 Å². The van der Waals surface area contributed by atoms with Gasteiger partial charge in [-0.2, -0.15) is 4.98 Å². The molecule has 24 heavy (non-hydrogen) atoms. The SMILES string of the molecule is Cc1nnc(-c2cccc(-c3nc([C@@H](C)OCC(C)C)no3)c2)o1. The number of rotatable bonds is 6. The van der Waals surface area contributed by atoms with Gasteiger partial charge in [-0.15, -0.1) is 10.2 Å². The molecule has 7 nitrogen and oxygen atoms in total. The van der Waals surface area contributed by atoms with Crippen molar-refractivity contribution >= 4 is 0 Å². The maximum Gasteiger partial charge on any atom is 0.258 e. The first-order valence-corrected chi connectivity index (χ1v) is 7.89. The van der Waals surface area contributed by atoms with Crippen LogP contribution in [0.5, 0.6) is 0 Å². The van der Waals surface area contributed by atoms with E-state index in [1.165, 1.54) is 0 Å². The van der Waals surface area contributed by atoms with E-state index >= 15 is 0 Å². The van der Waals surface area contributed by atoms with Gasteiger partial charge in [0.2, 0.25) is 17.6 Å². The minimum Gasteiger partial charge on any atom is -0.421 e. The Balaban J connectivity index is 1.80. The number of nitrogens with zero attached hydrogens (tertiary/aromatic N) is 4. The summed E-state index contributed by atoms with van der Waals surface area (Å²) >= 11 is 0. The number of aromatic nitrogens is 4. The van der Waals surface area contributed by atoms with Gasteiger partial charge < -0.3 is 13.7 Å². The predicted molar refractivity (Wildman–Crippen MR) is 87.0 cm³/mol. The number of ether oxygens (including phenoxy) is 1. The van der Waals surface area contributed by atoms with Gasteiger partial charge in [-0.3, -0.25) is 0 Å². The molecule has 0 radical (unpaired) electrons. The Morgan fingerprint density at radius 2 is 1.83 bits per heavy atom. The van der Waals surface area contributed by atoms with Crippen molar-refractivity contribution in [1.82, 2.24) is 20.3 Å². The first kappa shape index (κ1) is 16.3. The van der Waals surface area contributed by atoms with Crippen molar-refractivity contribution < 1.29 is 13.7 Å². The Morgan fingerprint density at radius 1 is 1.08 bits per heavy atom. The fourth-order valence-corrected chi connectivity index (χ4v) is 2.13. The maximum atomic E-state index is 5.72. The Bertz CT molecular complexity index is 810. The lowest BCUT2D eigenvalue weighted by atomic mass is 10.1. The van der Waals surface area contributed by atoms with Crippen molar-refractivity contribution in [2.24, 2.45) is 5.92 Å². The molecule has 7 heteroatoms. The second-order valence-electron chi connectivity index (χ2n) is 6.03. The fourth-order valence-electron chi connectivity index (χ4n) is 2.13. The molecule has 0 bridgehead atoms. The van der Waals surface area contributed by atoms with Crippen LogP contribution in [-0.2, 0) is 4.74 Å². The molecule has 3 rings (SSSR count). The second-order valence-corrected chi connectivity index (χ2v) is 6.03. The van der Waals surface area contributed by atoms with Crippen molar-refractivity contribution in [3.05, 3.63) is 36.0 Å². The summed E-state index contributed by atoms with van der Waals surface area (Å²) in [5, 5.41) is 11.9. The van der Waals surface area contributed by atoms with Crippen LogP contribution in [0.3, 0.4) is 0 Å². The number of benzene rings is 1. The van der Waals surface area contributed by atoms with Crippen LogP contribution < -0.4 is 0 Å². The van der Waals surface area contributed by atoms with E-state index in [1.807, 2.05) is 31.2 Å². The van der Waals surface area contributed by atoms with Gasteiger partial charge in [-0.25, -0.2) is 0 Å². The van der Waals surface area contributed by atoms with E-state index in [9.17, 15) is 0 Å². The van der Waals surface area contributed by atoms with Crippen LogP contribution >= 0.6 is 0 Å². The van der Waals surface area contributed by atoms with Crippen LogP contribution in [0.4, 0.5) is 0 Å². The van der Waals surface area contributed by atoms with Gasteiger partial charge in [0.25, 0.3) is 5.89 Å². The topological polar surface area (TPSA) is 87.1 Å². The van der Waals surface area contributed by atoms with Crippen molar-refractivity contribution in [2.75, 3.05) is 6.61 Å². The van der Waals surface area contributed by atoms with Crippen LogP contribution in [0, 0.1) is 12.8 Å². The molecule has 0 spiro atoms. The predicted octanol–water partition coefficient (Wildman–Crippen LogP) is 3.83. The summed E-state index contributed by atoms with van der Waals surface area (Å²) in [4.78, 5) is 4.43. The normalized spacial score (nSPS) is 12.7. The van der Waals surface area contributed by atoms with Gasteiger partial charge in [0, 0.05) is 24.7 Å². The molecule has 0 fully saturated rings. The van der Waals surface area contributed by atoms with Crippen LogP contribution in [-0.4, -0.2) is 26.9 Å². The number of hydrogen-bond acceptors (Lipinski definition) is 7. The van der Waals surface area contributed by atoms with Crippen molar-refractivity contribution in [3.8, 4) is 22.9 Å². The van der Waals surface area contributed by atoms with Gasteiger partial charge >= 0.3 is 0 Å². The van der Waals surface area contributed by atoms with Gasteiger partial charge in [0.1, 0.15) is 6.10 Å². The first-order chi connectivity index (χ1) is 11.5. The zero-order valence-corrected chi connectivity index (χ0v) is 14.2. The minimum absolute atomic E-state index is 0.216. The molecule has 3 aromatic rings. The Morgan fingerprint density at radius 3 is 2.50 bits per heavy atom. The lowest BCUT2D eigenvalue weighted by molar-refractivity contribution is 0.0402. The average Bonchev–Trinajstić information content (AvgIpc) is 3.22. The van der Waals surface area contributed by atoms with Gasteiger partial charge in [0.15, 0.2) is 0 Å². The average molecular weight is 328 g/mol. The monoisotopic (exact) mass is 328 g/mol. The number of aryl methyl sites for hydroxylation is 1. The van der Waals surface area contributed by atoms with Gasteiger partial charge in [-0.05, 0) is 31.0 Å². The molecule has 0 aliphatic heterocycles. The van der Waals surface area contributed by atoms with E-state index in [0.29, 0.717) is 36.0 Å². The van der Waals surface area contributed by atoms with Gasteiger partial charge in [-0.1, -0.05) is 25.1 Å². The summed E-state index contributed by atoms with van der Waals surface area (Å²) < 4.78 is 16.5. The molecule has 0 unspecified atom stereocenters. The van der Waals surface area contributed by atoms with E-state index in [4.69, 9.17) is 13.7 Å². The highest BCUT2D eigenvalue weighted by Gasteiger charge is 2.17. The maximum absolute atomic E-state index is 5.72. The van der Waals surface area contributed by atoms with Crippen molar-refractivity contribution in [3.63, 3.8) is 0 Å². The molecule has 0 amide bonds. The molecule has 0 saturated heterocycles. The highest BCUT2D eigenvalue weighted by atomic mass is 16.5. The largest absolute Gasteiger partial charge is 0.421 e. The highest BCUT2D eigenvalue weighted by Crippen LogP contribution is 2.26. The molecular formula is C17H20N4O3. The van der Waals surface area contributed by atoms with Crippen LogP contribution in [0.25, 0.3) is 22.9 Å². The molecule has 0 aliphatic carbocycles. The Hall–Kier alpha value is -2.54. The number of hydrogen-bond donors (Lipinski definition) is 0. The fraction of sp³-hybridized carbons (Fsp3) is 0.412. The zero-order chi connectivity index (χ0) is 17.1. The first-order valence-electron chi connectivity index (χ1n) is 7.89. The highest BCUT2D eigenvalue weighted by molar-refractivity contribution is 5.64. The summed E-state index contributed by atoms with van der Waals surface area (Å²) in [7, 11) is 0. The molecule has 0 N–H and O–H groups in total. The lowest BCUT2D eigenvalue weighted by Gasteiger charge is -2.10. The standard InChI is InChI=1S/C17H20N4O3/c1-10(2)9-22-11(3)15-18-16(24-21-15)13-6-5-7-14(8-13)17-20-19-12(4)23-17/h5-8,10-11H,9H2,1-4H3/t11-/m1/s1. The molecule has 2 aromatic heterocycles. The summed E-state index contributed by atoms with van der Waals surface area (Å²) in [6.45, 7) is 8.51. The molecule has 0 aliphatic rings. The van der Waals surface area contributed by atoms with Crippen LogP contribution in [0.2, 0.25) is 0 Å². The van der Waals surface area contributed by atoms with Crippen molar-refractivity contribution in [2.45, 2.75) is 33.8 Å². The quantitative estimate of drug-likeness (QED) is 0.679. The summed E-state index contributed by atoms with van der Waals surface area (Å²) in [5.74, 6) is 2.40. The minimum atomic E-state index is -0.216. The third kappa shape index (κ3) is 3.68. The van der Waals surface area contributed by atoms with Crippen molar-refractivity contribution in [1.29, 1.82) is 0 Å². The molecule has 0 saturated carbocycles. The molecule has 126 valence electrons. The van der Waals surface area contributed by atoms with Gasteiger partial charge in [0.05, 0.1) is 0 Å². The van der Waals surface area contributed by atoms with Crippen LogP contribution in [0.1, 0.15) is 38.6 Å². The molecule has 2 heterocycles. The molecule has 1 aromatic carbocycles. The Kier molecular flexibility index (Phi) is 4.71. The lowest BCUT2D eigenvalue weighted by Crippen LogP contribution is -2.07. The third-order valence-electron chi connectivity index (χ3n) is 3.37. The smallest absolute Gasteiger partial charge is 0.258 e. The summed E-state index contributed by atoms with van der Waals surface area (Å²) in [5.41, 5.74) is 1.59. The van der Waals surface area contributed by atoms with E-state index < -0.39 is 0 Å². The van der Waals surface area contributed by atoms with E-state index in [0.717, 1.165) is 11.1 Å². The van der Waals surface area contributed by atoms with E-state index in [2.05, 4.69) is 34.2 Å². The Labute approximate surface area is 140 Å². The third-order valence-corrected chi connectivity index (χ3v) is 3.37. The summed E-state index contributed by atoms with van der Waals surface area (Å²) in [6.07, 6.45) is -0.216.